The lowest BCUT2D eigenvalue weighted by Gasteiger charge is -1.86. The molecule has 0 atom stereocenters. The van der Waals surface area contributed by atoms with E-state index in [1.165, 1.54) is 24.3 Å². The summed E-state index contributed by atoms with van der Waals surface area (Å²) < 4.78 is 0. The van der Waals surface area contributed by atoms with Crippen molar-refractivity contribution < 1.29 is 5.11 Å². The number of hydrogen-bond acceptors (Lipinski definition) is 1. The molecule has 1 rings (SSSR count). The van der Waals surface area contributed by atoms with Crippen molar-refractivity contribution in [2.24, 2.45) is 5.11 Å². The van der Waals surface area contributed by atoms with Gasteiger partial charge in [-0.05, 0) is 29.8 Å². The zero-order valence-corrected chi connectivity index (χ0v) is 5.06. The summed E-state index contributed by atoms with van der Waals surface area (Å²) in [5.74, 6) is -0.0862. The maximum Gasteiger partial charge on any atom is 0.178 e. The Labute approximate surface area is 57.4 Å². The summed E-state index contributed by atoms with van der Waals surface area (Å²) in [4.78, 5) is 2.56. The Bertz CT molecular complexity index is 261. The van der Waals surface area contributed by atoms with Crippen LogP contribution in [0.5, 0.6) is 5.75 Å². The minimum atomic E-state index is -0.0862. The molecule has 0 aliphatic heterocycles. The molecule has 4 heteroatoms. The van der Waals surface area contributed by atoms with E-state index in [4.69, 9.17) is 5.53 Å². The van der Waals surface area contributed by atoms with Crippen LogP contribution in [0.15, 0.2) is 29.4 Å². The Morgan fingerprint density at radius 2 is 1.90 bits per heavy atom. The van der Waals surface area contributed by atoms with Gasteiger partial charge >= 0.3 is 0 Å². The van der Waals surface area contributed by atoms with Crippen LogP contribution in [0.3, 0.4) is 0 Å². The van der Waals surface area contributed by atoms with E-state index < -0.39 is 0 Å². The average Bonchev–Trinajstić information content (AvgIpc) is 1.95. The molecule has 1 radical (unpaired) electrons. The first-order valence-corrected chi connectivity index (χ1v) is 2.65. The predicted molar refractivity (Wildman–Crippen MR) is 35.4 cm³/mol. The number of rotatable bonds is 1. The van der Waals surface area contributed by atoms with Gasteiger partial charge in [0.1, 0.15) is 0 Å². The van der Waals surface area contributed by atoms with Gasteiger partial charge in [0.25, 0.3) is 0 Å². The Balaban J connectivity index is 3.00. The van der Waals surface area contributed by atoms with Crippen molar-refractivity contribution in [2.75, 3.05) is 0 Å². The molecule has 10 heavy (non-hydrogen) atoms. The van der Waals surface area contributed by atoms with Crippen LogP contribution < -0.4 is 0 Å². The summed E-state index contributed by atoms with van der Waals surface area (Å²) in [6.07, 6.45) is 0. The smallest absolute Gasteiger partial charge is 0.178 e. The molecule has 0 saturated heterocycles. The van der Waals surface area contributed by atoms with Crippen molar-refractivity contribution in [3.05, 3.63) is 34.7 Å². The third-order valence-electron chi connectivity index (χ3n) is 0.997. The van der Waals surface area contributed by atoms with Crippen molar-refractivity contribution in [3.8, 4) is 5.75 Å². The van der Waals surface area contributed by atoms with Crippen LogP contribution in [0.25, 0.3) is 10.4 Å². The molecule has 0 spiro atoms. The lowest BCUT2D eigenvalue weighted by atomic mass is 10.3. The van der Waals surface area contributed by atoms with Gasteiger partial charge < -0.3 is 0 Å². The third kappa shape index (κ3) is 1.40. The standard InChI is InChI=1S/C6H4N3O/c7-9-8-5-1-3-6(10)4-2-5/h1-4H. The number of azide groups is 1. The molecule has 0 heterocycles. The highest BCUT2D eigenvalue weighted by molar-refractivity contribution is 5.40. The lowest BCUT2D eigenvalue weighted by Crippen LogP contribution is -1.60. The van der Waals surface area contributed by atoms with Gasteiger partial charge in [-0.2, -0.15) is 0 Å². The van der Waals surface area contributed by atoms with Gasteiger partial charge in [0.2, 0.25) is 0 Å². The first kappa shape index (κ1) is 6.45. The van der Waals surface area contributed by atoms with Crippen LogP contribution in [0.4, 0.5) is 5.69 Å². The molecule has 1 aromatic rings. The minimum absolute atomic E-state index is 0.0862. The van der Waals surface area contributed by atoms with E-state index in [0.717, 1.165) is 0 Å². The van der Waals surface area contributed by atoms with E-state index in [1.807, 2.05) is 0 Å². The Hall–Kier alpha value is -1.67. The second-order valence-corrected chi connectivity index (χ2v) is 1.68. The first-order chi connectivity index (χ1) is 4.83. The maximum absolute atomic E-state index is 10.5. The molecule has 0 unspecified atom stereocenters. The van der Waals surface area contributed by atoms with Gasteiger partial charge in [0.15, 0.2) is 5.75 Å². The Kier molecular flexibility index (Phi) is 1.78. The van der Waals surface area contributed by atoms with E-state index in [9.17, 15) is 5.11 Å². The molecule has 0 N–H and O–H groups in total. The molecule has 0 aliphatic carbocycles. The molecule has 1 aromatic carbocycles. The van der Waals surface area contributed by atoms with Crippen LogP contribution in [-0.4, -0.2) is 0 Å². The number of nitrogens with zero attached hydrogens (tertiary/aromatic N) is 3. The fourth-order valence-electron chi connectivity index (χ4n) is 0.564. The lowest BCUT2D eigenvalue weighted by molar-refractivity contribution is 0.355. The molecular weight excluding hydrogens is 130 g/mol. The summed E-state index contributed by atoms with van der Waals surface area (Å²) >= 11 is 0. The highest BCUT2D eigenvalue weighted by Gasteiger charge is 1.88. The van der Waals surface area contributed by atoms with Gasteiger partial charge in [-0.15, -0.1) is 0 Å². The summed E-state index contributed by atoms with van der Waals surface area (Å²) in [6.45, 7) is 0. The molecular formula is C6H4N3O. The largest absolute Gasteiger partial charge is 0.290 e. The number of hydrogen-bond donors (Lipinski definition) is 0. The summed E-state index contributed by atoms with van der Waals surface area (Å²) in [7, 11) is 0. The first-order valence-electron chi connectivity index (χ1n) is 2.65. The second kappa shape index (κ2) is 2.75. The molecule has 4 nitrogen and oxygen atoms in total. The van der Waals surface area contributed by atoms with Crippen molar-refractivity contribution in [1.82, 2.24) is 0 Å². The van der Waals surface area contributed by atoms with Crippen LogP contribution >= 0.6 is 0 Å². The van der Waals surface area contributed by atoms with Gasteiger partial charge in [-0.3, -0.25) is 5.11 Å². The minimum Gasteiger partial charge on any atom is -0.290 e. The van der Waals surface area contributed by atoms with Gasteiger partial charge in [0.05, 0.1) is 0 Å². The molecule has 49 valence electrons. The van der Waals surface area contributed by atoms with Crippen molar-refractivity contribution in [3.63, 3.8) is 0 Å². The molecule has 0 aliphatic rings. The topological polar surface area (TPSA) is 68.7 Å². The van der Waals surface area contributed by atoms with Gasteiger partial charge in [0, 0.05) is 10.6 Å². The quantitative estimate of drug-likeness (QED) is 0.322. The van der Waals surface area contributed by atoms with E-state index in [2.05, 4.69) is 10.0 Å². The predicted octanol–water partition coefficient (Wildman–Crippen LogP) is 2.77. The van der Waals surface area contributed by atoms with Crippen molar-refractivity contribution in [2.45, 2.75) is 0 Å². The van der Waals surface area contributed by atoms with Crippen molar-refractivity contribution in [1.29, 1.82) is 0 Å². The van der Waals surface area contributed by atoms with Gasteiger partial charge in [-0.25, -0.2) is 0 Å². The highest BCUT2D eigenvalue weighted by atomic mass is 16.3. The second-order valence-electron chi connectivity index (χ2n) is 1.68. The summed E-state index contributed by atoms with van der Waals surface area (Å²) in [6, 6.07) is 5.65. The normalized spacial score (nSPS) is 8.40. The zero-order valence-electron chi connectivity index (χ0n) is 5.06. The zero-order chi connectivity index (χ0) is 7.40. The molecule has 0 amide bonds. The van der Waals surface area contributed by atoms with E-state index in [-0.39, 0.29) is 5.75 Å². The third-order valence-corrected chi connectivity index (χ3v) is 0.997. The fourth-order valence-corrected chi connectivity index (χ4v) is 0.564. The number of benzene rings is 1. The summed E-state index contributed by atoms with van der Waals surface area (Å²) in [5.41, 5.74) is 8.43. The fraction of sp³-hybridized carbons (Fsp3) is 0. The highest BCUT2D eigenvalue weighted by Crippen LogP contribution is 2.16. The molecule has 0 saturated carbocycles. The Morgan fingerprint density at radius 1 is 1.30 bits per heavy atom. The maximum atomic E-state index is 10.5. The van der Waals surface area contributed by atoms with E-state index in [0.29, 0.717) is 5.69 Å². The average molecular weight is 134 g/mol. The van der Waals surface area contributed by atoms with Crippen LogP contribution in [0.1, 0.15) is 0 Å². The van der Waals surface area contributed by atoms with Crippen LogP contribution in [-0.2, 0) is 5.11 Å². The molecule has 0 bridgehead atoms. The van der Waals surface area contributed by atoms with Crippen LogP contribution in [0.2, 0.25) is 0 Å². The Morgan fingerprint density at radius 3 is 2.40 bits per heavy atom. The van der Waals surface area contributed by atoms with Crippen LogP contribution in [0, 0.1) is 0 Å². The van der Waals surface area contributed by atoms with E-state index in [1.54, 1.807) is 0 Å². The molecule has 0 aromatic heterocycles. The molecule has 0 fully saturated rings. The van der Waals surface area contributed by atoms with Crippen molar-refractivity contribution >= 4 is 5.69 Å². The van der Waals surface area contributed by atoms with E-state index >= 15 is 0 Å². The van der Waals surface area contributed by atoms with Gasteiger partial charge in [-0.1, -0.05) is 5.11 Å². The summed E-state index contributed by atoms with van der Waals surface area (Å²) in [5, 5.41) is 13.8. The SMILES string of the molecule is [N-]=[N+]=Nc1ccc([O])cc1. The monoisotopic (exact) mass is 134 g/mol.